The van der Waals surface area contributed by atoms with Crippen LogP contribution >= 0.6 is 0 Å². The fourth-order valence-corrected chi connectivity index (χ4v) is 2.92. The lowest BCUT2D eigenvalue weighted by Crippen LogP contribution is -2.49. The molecule has 0 saturated carbocycles. The van der Waals surface area contributed by atoms with Crippen LogP contribution in [0, 0.1) is 15.9 Å². The van der Waals surface area contributed by atoms with E-state index in [4.69, 9.17) is 0 Å². The summed E-state index contributed by atoms with van der Waals surface area (Å²) in [5, 5.41) is 13.8. The van der Waals surface area contributed by atoms with E-state index in [1.807, 2.05) is 4.90 Å². The van der Waals surface area contributed by atoms with Gasteiger partial charge in [-0.1, -0.05) is 6.07 Å². The topological polar surface area (TPSA) is 104 Å². The van der Waals surface area contributed by atoms with Gasteiger partial charge >= 0.3 is 5.69 Å². The molecular weight excluding hydrogens is 355 g/mol. The molecule has 1 aromatic heterocycles. The number of nitro groups is 1. The molecule has 1 fully saturated rings. The monoisotopic (exact) mass is 374 g/mol. The predicted octanol–water partition coefficient (Wildman–Crippen LogP) is 1.67. The number of piperazine rings is 1. The molecule has 0 bridgehead atoms. The van der Waals surface area contributed by atoms with Gasteiger partial charge in [0.25, 0.3) is 0 Å². The number of anilines is 2. The van der Waals surface area contributed by atoms with Crippen LogP contribution < -0.4 is 10.2 Å². The van der Waals surface area contributed by atoms with Crippen molar-refractivity contribution in [3.63, 3.8) is 0 Å². The number of benzene rings is 1. The molecule has 0 spiro atoms. The van der Waals surface area contributed by atoms with Crippen molar-refractivity contribution in [2.24, 2.45) is 0 Å². The summed E-state index contributed by atoms with van der Waals surface area (Å²) in [6, 6.07) is 5.59. The first-order valence-corrected chi connectivity index (χ1v) is 8.53. The second-order valence-electron chi connectivity index (χ2n) is 5.99. The van der Waals surface area contributed by atoms with Crippen molar-refractivity contribution in [1.82, 2.24) is 14.9 Å². The third-order valence-corrected chi connectivity index (χ3v) is 4.29. The molecule has 2 aromatic rings. The van der Waals surface area contributed by atoms with E-state index >= 15 is 0 Å². The molecular formula is C17H19FN6O3. The van der Waals surface area contributed by atoms with Gasteiger partial charge in [0.2, 0.25) is 17.7 Å². The third-order valence-electron chi connectivity index (χ3n) is 4.29. The molecule has 27 heavy (non-hydrogen) atoms. The van der Waals surface area contributed by atoms with E-state index in [9.17, 15) is 19.3 Å². The maximum absolute atomic E-state index is 13.6. The molecule has 9 nitrogen and oxygen atoms in total. The number of hydrogen-bond donors (Lipinski definition) is 1. The van der Waals surface area contributed by atoms with Crippen molar-refractivity contribution in [3.05, 3.63) is 52.6 Å². The lowest BCUT2D eigenvalue weighted by molar-refractivity contribution is -0.386. The lowest BCUT2D eigenvalue weighted by Gasteiger charge is -2.34. The van der Waals surface area contributed by atoms with Gasteiger partial charge in [0, 0.05) is 51.5 Å². The minimum absolute atomic E-state index is 0.0600. The number of hydrogen-bond acceptors (Lipinski definition) is 7. The number of carbonyl (C=O) groups is 1. The maximum Gasteiger partial charge on any atom is 0.327 e. The molecule has 0 atom stereocenters. The van der Waals surface area contributed by atoms with E-state index in [1.54, 1.807) is 23.4 Å². The van der Waals surface area contributed by atoms with Crippen LogP contribution in [-0.4, -0.2) is 58.4 Å². The highest BCUT2D eigenvalue weighted by atomic mass is 19.1. The molecule has 3 rings (SSSR count). The highest BCUT2D eigenvalue weighted by Gasteiger charge is 2.23. The summed E-state index contributed by atoms with van der Waals surface area (Å²) < 4.78 is 13.6. The van der Waals surface area contributed by atoms with Gasteiger partial charge in [-0.3, -0.25) is 14.9 Å². The smallest absolute Gasteiger partial charge is 0.327 e. The van der Waals surface area contributed by atoms with E-state index in [2.05, 4.69) is 15.3 Å². The minimum Gasteiger partial charge on any atom is -0.379 e. The van der Waals surface area contributed by atoms with Crippen molar-refractivity contribution in [2.75, 3.05) is 42.9 Å². The third kappa shape index (κ3) is 4.46. The van der Waals surface area contributed by atoms with Crippen LogP contribution in [0.1, 0.15) is 6.42 Å². The molecule has 1 N–H and O–H groups in total. The van der Waals surface area contributed by atoms with Gasteiger partial charge < -0.3 is 15.1 Å². The summed E-state index contributed by atoms with van der Waals surface area (Å²) in [6.45, 7) is 2.57. The zero-order valence-corrected chi connectivity index (χ0v) is 14.5. The van der Waals surface area contributed by atoms with Crippen LogP contribution in [0.4, 0.5) is 21.7 Å². The summed E-state index contributed by atoms with van der Waals surface area (Å²) in [5.74, 6) is -0.324. The fourth-order valence-electron chi connectivity index (χ4n) is 2.92. The first-order chi connectivity index (χ1) is 13.1. The van der Waals surface area contributed by atoms with Gasteiger partial charge in [-0.2, -0.15) is 4.39 Å². The molecule has 1 amide bonds. The zero-order valence-electron chi connectivity index (χ0n) is 14.5. The largest absolute Gasteiger partial charge is 0.379 e. The van der Waals surface area contributed by atoms with Gasteiger partial charge in [0.1, 0.15) is 5.69 Å². The number of amides is 1. The Kier molecular flexibility index (Phi) is 5.74. The average Bonchev–Trinajstić information content (AvgIpc) is 2.68. The molecule has 1 aliphatic rings. The zero-order chi connectivity index (χ0) is 19.2. The Labute approximate surface area is 155 Å². The number of nitro benzene ring substituents is 1. The Morgan fingerprint density at radius 2 is 1.89 bits per heavy atom. The Hall–Kier alpha value is -3.30. The van der Waals surface area contributed by atoms with E-state index in [0.717, 1.165) is 6.07 Å². The molecule has 1 saturated heterocycles. The number of halogens is 1. The molecule has 1 aromatic carbocycles. The Morgan fingerprint density at radius 1 is 1.19 bits per heavy atom. The summed E-state index contributed by atoms with van der Waals surface area (Å²) >= 11 is 0. The molecule has 142 valence electrons. The number of nitrogens with zero attached hydrogens (tertiary/aromatic N) is 5. The van der Waals surface area contributed by atoms with Crippen molar-refractivity contribution >= 4 is 23.2 Å². The lowest BCUT2D eigenvalue weighted by atomic mass is 10.2. The Bertz CT molecular complexity index is 812. The first kappa shape index (κ1) is 18.5. The van der Waals surface area contributed by atoms with Crippen LogP contribution in [0.5, 0.6) is 0 Å². The second kappa shape index (κ2) is 8.39. The Balaban J connectivity index is 1.48. The van der Waals surface area contributed by atoms with Crippen LogP contribution in [0.2, 0.25) is 0 Å². The van der Waals surface area contributed by atoms with Crippen LogP contribution in [0.15, 0.2) is 36.7 Å². The fraction of sp³-hybridized carbons (Fsp3) is 0.353. The summed E-state index contributed by atoms with van der Waals surface area (Å²) in [4.78, 5) is 34.7. The summed E-state index contributed by atoms with van der Waals surface area (Å²) in [7, 11) is 0. The van der Waals surface area contributed by atoms with Crippen LogP contribution in [0.3, 0.4) is 0 Å². The van der Waals surface area contributed by atoms with E-state index in [-0.39, 0.29) is 24.6 Å². The van der Waals surface area contributed by atoms with Gasteiger partial charge in [-0.15, -0.1) is 0 Å². The van der Waals surface area contributed by atoms with Gasteiger partial charge in [-0.25, -0.2) is 9.97 Å². The normalized spacial score (nSPS) is 14.1. The number of carbonyl (C=O) groups excluding carboxylic acids is 1. The number of rotatable bonds is 6. The number of aromatic nitrogens is 2. The van der Waals surface area contributed by atoms with Crippen molar-refractivity contribution < 1.29 is 14.1 Å². The second-order valence-corrected chi connectivity index (χ2v) is 5.99. The van der Waals surface area contributed by atoms with Crippen LogP contribution in [-0.2, 0) is 4.79 Å². The quantitative estimate of drug-likeness (QED) is 0.606. The maximum atomic E-state index is 13.6. The highest BCUT2D eigenvalue weighted by molar-refractivity contribution is 5.77. The van der Waals surface area contributed by atoms with Crippen molar-refractivity contribution in [3.8, 4) is 0 Å². The van der Waals surface area contributed by atoms with Gasteiger partial charge in [0.05, 0.1) is 4.92 Å². The minimum atomic E-state index is -0.907. The molecule has 0 aliphatic carbocycles. The van der Waals surface area contributed by atoms with Gasteiger partial charge in [0.15, 0.2) is 0 Å². The van der Waals surface area contributed by atoms with Crippen molar-refractivity contribution in [2.45, 2.75) is 6.42 Å². The summed E-state index contributed by atoms with van der Waals surface area (Å²) in [6.07, 6.45) is 3.52. The standard InChI is InChI=1S/C17H19FN6O3/c18-13-3-1-4-14(16(13)24(26)27)19-8-5-15(25)22-9-11-23(12-10-22)17-20-6-2-7-21-17/h1-4,6-7,19H,5,8-12H2. The molecule has 2 heterocycles. The first-order valence-electron chi connectivity index (χ1n) is 8.53. The van der Waals surface area contributed by atoms with E-state index < -0.39 is 16.4 Å². The number of nitrogens with one attached hydrogen (secondary N) is 1. The van der Waals surface area contributed by atoms with E-state index in [1.165, 1.54) is 12.1 Å². The predicted molar refractivity (Wildman–Crippen MR) is 97.0 cm³/mol. The van der Waals surface area contributed by atoms with Gasteiger partial charge in [-0.05, 0) is 18.2 Å². The highest BCUT2D eigenvalue weighted by Crippen LogP contribution is 2.27. The molecule has 10 heteroatoms. The molecule has 0 unspecified atom stereocenters. The SMILES string of the molecule is O=C(CCNc1cccc(F)c1[N+](=O)[O-])N1CCN(c2ncccn2)CC1. The molecule has 0 radical (unpaired) electrons. The Morgan fingerprint density at radius 3 is 2.56 bits per heavy atom. The average molecular weight is 374 g/mol. The van der Waals surface area contributed by atoms with E-state index in [0.29, 0.717) is 32.1 Å². The van der Waals surface area contributed by atoms with Crippen LogP contribution in [0.25, 0.3) is 0 Å². The number of para-hydroxylation sites is 1. The van der Waals surface area contributed by atoms with Crippen molar-refractivity contribution in [1.29, 1.82) is 0 Å². The summed E-state index contributed by atoms with van der Waals surface area (Å²) in [5.41, 5.74) is -0.541. The molecule has 1 aliphatic heterocycles.